The molecule has 0 N–H and O–H groups in total. The van der Waals surface area contributed by atoms with E-state index in [0.29, 0.717) is 45.2 Å². The summed E-state index contributed by atoms with van der Waals surface area (Å²) in [5, 5.41) is 0. The molecule has 1 amide bonds. The highest BCUT2D eigenvalue weighted by atomic mass is 32.2. The summed E-state index contributed by atoms with van der Waals surface area (Å²) in [6, 6.07) is 2.06. The van der Waals surface area contributed by atoms with E-state index in [1.807, 2.05) is 0 Å². The van der Waals surface area contributed by atoms with Crippen LogP contribution in [0.25, 0.3) is 0 Å². The minimum Gasteiger partial charge on any atom is -0.471 e. The predicted octanol–water partition coefficient (Wildman–Crippen LogP) is 1.36. The van der Waals surface area contributed by atoms with Crippen molar-refractivity contribution in [2.75, 3.05) is 32.4 Å². The molecule has 2 aliphatic rings. The van der Waals surface area contributed by atoms with Crippen LogP contribution in [0.15, 0.2) is 18.3 Å². The summed E-state index contributed by atoms with van der Waals surface area (Å²) in [4.78, 5) is 17.7. The molecule has 0 atom stereocenters. The van der Waals surface area contributed by atoms with Crippen LogP contribution in [0.4, 0.5) is 13.2 Å². The number of hydrogen-bond donors (Lipinski definition) is 0. The zero-order chi connectivity index (χ0) is 19.8. The molecular formula is C16H20F3N3O4S. The standard InChI is InChI=1S/C16H20F3N3O4S/c1-27(24,25)22-6-4-11(5-7-22)15(23)21-9-13(10-21)26-14-3-2-12(8-20-14)16(17,18)19/h2-3,8,11,13H,4-7,9-10H2,1H3. The Morgan fingerprint density at radius 2 is 1.85 bits per heavy atom. The molecule has 0 radical (unpaired) electrons. The van der Waals surface area contributed by atoms with Gasteiger partial charge < -0.3 is 9.64 Å². The molecule has 150 valence electrons. The van der Waals surface area contributed by atoms with Crippen LogP contribution < -0.4 is 4.74 Å². The van der Waals surface area contributed by atoms with Gasteiger partial charge in [0.15, 0.2) is 0 Å². The molecule has 0 unspecified atom stereocenters. The van der Waals surface area contributed by atoms with E-state index < -0.39 is 21.8 Å². The third kappa shape index (κ3) is 4.70. The van der Waals surface area contributed by atoms with Crippen molar-refractivity contribution >= 4 is 15.9 Å². The van der Waals surface area contributed by atoms with Crippen LogP contribution in [-0.4, -0.2) is 67.1 Å². The maximum Gasteiger partial charge on any atom is 0.417 e. The summed E-state index contributed by atoms with van der Waals surface area (Å²) in [5.41, 5.74) is -0.847. The van der Waals surface area contributed by atoms with Crippen LogP contribution in [0, 0.1) is 5.92 Å². The molecule has 3 heterocycles. The van der Waals surface area contributed by atoms with Gasteiger partial charge in [0, 0.05) is 31.3 Å². The second-order valence-electron chi connectivity index (χ2n) is 6.80. The van der Waals surface area contributed by atoms with Crippen molar-refractivity contribution in [2.24, 2.45) is 5.92 Å². The summed E-state index contributed by atoms with van der Waals surface area (Å²) in [6.07, 6.45) is -1.93. The van der Waals surface area contributed by atoms with Crippen molar-refractivity contribution in [1.82, 2.24) is 14.2 Å². The number of aromatic nitrogens is 1. The van der Waals surface area contributed by atoms with Crippen LogP contribution in [0.3, 0.4) is 0 Å². The number of carbonyl (C=O) groups excluding carboxylic acids is 1. The van der Waals surface area contributed by atoms with Gasteiger partial charge in [-0.25, -0.2) is 17.7 Å². The SMILES string of the molecule is CS(=O)(=O)N1CCC(C(=O)N2CC(Oc3ccc(C(F)(F)F)cn3)C2)CC1. The average Bonchev–Trinajstić information content (AvgIpc) is 2.56. The number of alkyl halides is 3. The van der Waals surface area contributed by atoms with Crippen molar-refractivity contribution < 1.29 is 31.1 Å². The molecule has 3 rings (SSSR count). The molecule has 0 saturated carbocycles. The molecule has 27 heavy (non-hydrogen) atoms. The Balaban J connectivity index is 1.45. The van der Waals surface area contributed by atoms with Gasteiger partial charge >= 0.3 is 6.18 Å². The van der Waals surface area contributed by atoms with E-state index >= 15 is 0 Å². The molecule has 0 aliphatic carbocycles. The first-order valence-corrected chi connectivity index (χ1v) is 10.3. The number of pyridine rings is 1. The van der Waals surface area contributed by atoms with Crippen molar-refractivity contribution in [1.29, 1.82) is 0 Å². The van der Waals surface area contributed by atoms with Crippen LogP contribution in [0.5, 0.6) is 5.88 Å². The van der Waals surface area contributed by atoms with E-state index in [-0.39, 0.29) is 23.8 Å². The fourth-order valence-electron chi connectivity index (χ4n) is 3.17. The number of halogens is 3. The van der Waals surface area contributed by atoms with Crippen molar-refractivity contribution in [3.05, 3.63) is 23.9 Å². The Kier molecular flexibility index (Phi) is 5.35. The number of rotatable bonds is 4. The smallest absolute Gasteiger partial charge is 0.417 e. The van der Waals surface area contributed by atoms with Gasteiger partial charge in [0.1, 0.15) is 6.10 Å². The number of sulfonamides is 1. The minimum atomic E-state index is -4.45. The van der Waals surface area contributed by atoms with Gasteiger partial charge in [-0.1, -0.05) is 0 Å². The molecule has 1 aromatic rings. The molecule has 0 aromatic carbocycles. The first-order chi connectivity index (χ1) is 12.5. The normalized spacial score (nSPS) is 20.4. The monoisotopic (exact) mass is 407 g/mol. The van der Waals surface area contributed by atoms with Gasteiger partial charge in [-0.05, 0) is 18.9 Å². The topological polar surface area (TPSA) is 79.8 Å². The van der Waals surface area contributed by atoms with Crippen molar-refractivity contribution in [2.45, 2.75) is 25.1 Å². The zero-order valence-electron chi connectivity index (χ0n) is 14.6. The quantitative estimate of drug-likeness (QED) is 0.753. The largest absolute Gasteiger partial charge is 0.471 e. The van der Waals surface area contributed by atoms with Crippen LogP contribution in [0.2, 0.25) is 0 Å². The molecule has 2 aliphatic heterocycles. The zero-order valence-corrected chi connectivity index (χ0v) is 15.5. The third-order valence-corrected chi connectivity index (χ3v) is 6.09. The number of likely N-dealkylation sites (tertiary alicyclic amines) is 1. The summed E-state index contributed by atoms with van der Waals surface area (Å²) in [5.74, 6) is -0.168. The van der Waals surface area contributed by atoms with Crippen molar-refractivity contribution in [3.8, 4) is 5.88 Å². The average molecular weight is 407 g/mol. The van der Waals surface area contributed by atoms with E-state index in [9.17, 15) is 26.4 Å². The van der Waals surface area contributed by atoms with Crippen molar-refractivity contribution in [3.63, 3.8) is 0 Å². The molecule has 11 heteroatoms. The maximum absolute atomic E-state index is 12.5. The maximum atomic E-state index is 12.5. The first-order valence-electron chi connectivity index (χ1n) is 8.48. The van der Waals surface area contributed by atoms with E-state index in [4.69, 9.17) is 4.74 Å². The van der Waals surface area contributed by atoms with E-state index in [1.54, 1.807) is 4.90 Å². The lowest BCUT2D eigenvalue weighted by atomic mass is 9.95. The summed E-state index contributed by atoms with van der Waals surface area (Å²) < 4.78 is 67.4. The molecule has 0 bridgehead atoms. The third-order valence-electron chi connectivity index (χ3n) is 4.78. The lowest BCUT2D eigenvalue weighted by Gasteiger charge is -2.41. The Hall–Kier alpha value is -1.88. The highest BCUT2D eigenvalue weighted by Gasteiger charge is 2.38. The Morgan fingerprint density at radius 3 is 2.33 bits per heavy atom. The van der Waals surface area contributed by atoms with Crippen LogP contribution >= 0.6 is 0 Å². The minimum absolute atomic E-state index is 0.0385. The molecular weight excluding hydrogens is 387 g/mol. The fourth-order valence-corrected chi connectivity index (χ4v) is 4.05. The number of ether oxygens (including phenoxy) is 1. The van der Waals surface area contributed by atoms with Gasteiger partial charge in [0.2, 0.25) is 21.8 Å². The number of hydrogen-bond acceptors (Lipinski definition) is 5. The van der Waals surface area contributed by atoms with E-state index in [0.717, 1.165) is 18.4 Å². The lowest BCUT2D eigenvalue weighted by Crippen LogP contribution is -2.58. The Morgan fingerprint density at radius 1 is 1.22 bits per heavy atom. The number of nitrogens with zero attached hydrogens (tertiary/aromatic N) is 3. The summed E-state index contributed by atoms with van der Waals surface area (Å²) in [6.45, 7) is 1.35. The summed E-state index contributed by atoms with van der Waals surface area (Å²) >= 11 is 0. The van der Waals surface area contributed by atoms with Gasteiger partial charge in [-0.2, -0.15) is 13.2 Å². The molecule has 7 nitrogen and oxygen atoms in total. The molecule has 1 aromatic heterocycles. The number of piperidine rings is 1. The Bertz CT molecular complexity index is 784. The second-order valence-corrected chi connectivity index (χ2v) is 8.78. The number of carbonyl (C=O) groups is 1. The van der Waals surface area contributed by atoms with Gasteiger partial charge in [-0.3, -0.25) is 4.79 Å². The number of amides is 1. The molecule has 2 saturated heterocycles. The lowest BCUT2D eigenvalue weighted by molar-refractivity contribution is -0.146. The first kappa shape index (κ1) is 19.9. The predicted molar refractivity (Wildman–Crippen MR) is 89.4 cm³/mol. The van der Waals surface area contributed by atoms with Gasteiger partial charge in [-0.15, -0.1) is 0 Å². The highest BCUT2D eigenvalue weighted by molar-refractivity contribution is 7.88. The van der Waals surface area contributed by atoms with E-state index in [2.05, 4.69) is 4.98 Å². The Labute approximate surface area is 155 Å². The van der Waals surface area contributed by atoms with E-state index in [1.165, 1.54) is 4.31 Å². The van der Waals surface area contributed by atoms with Crippen LogP contribution in [0.1, 0.15) is 18.4 Å². The second kappa shape index (κ2) is 7.27. The molecule has 2 fully saturated rings. The summed E-state index contributed by atoms with van der Waals surface area (Å²) in [7, 11) is -3.23. The fraction of sp³-hybridized carbons (Fsp3) is 0.625. The van der Waals surface area contributed by atoms with Crippen LogP contribution in [-0.2, 0) is 21.0 Å². The van der Waals surface area contributed by atoms with Gasteiger partial charge in [0.25, 0.3) is 0 Å². The van der Waals surface area contributed by atoms with Gasteiger partial charge in [0.05, 0.1) is 24.9 Å². The highest BCUT2D eigenvalue weighted by Crippen LogP contribution is 2.30. The molecule has 0 spiro atoms.